The van der Waals surface area contributed by atoms with Gasteiger partial charge < -0.3 is 4.90 Å². The first-order chi connectivity index (χ1) is 4.25. The molecule has 1 rings (SSSR count). The third kappa shape index (κ3) is 0.872. The quantitative estimate of drug-likeness (QED) is 0.447. The van der Waals surface area contributed by atoms with Crippen LogP contribution in [-0.2, 0) is 4.79 Å². The molecule has 4 nitrogen and oxygen atoms in total. The van der Waals surface area contributed by atoms with Gasteiger partial charge in [-0.05, 0) is 0 Å². The van der Waals surface area contributed by atoms with Gasteiger partial charge in [-0.15, -0.1) is 0 Å². The Morgan fingerprint density at radius 2 is 2.22 bits per heavy atom. The summed E-state index contributed by atoms with van der Waals surface area (Å²) in [6.45, 7) is 1.18. The van der Waals surface area contributed by atoms with Gasteiger partial charge in [-0.3, -0.25) is 9.69 Å². The lowest BCUT2D eigenvalue weighted by molar-refractivity contribution is -0.115. The van der Waals surface area contributed by atoms with Crippen molar-refractivity contribution >= 4 is 12.4 Å². The molecule has 0 radical (unpaired) electrons. The van der Waals surface area contributed by atoms with E-state index in [2.05, 4.69) is 0 Å². The van der Waals surface area contributed by atoms with Crippen LogP contribution in [0.2, 0.25) is 0 Å². The van der Waals surface area contributed by atoms with Crippen molar-refractivity contribution in [2.45, 2.75) is 0 Å². The summed E-state index contributed by atoms with van der Waals surface area (Å²) >= 11 is 0. The highest BCUT2D eigenvalue weighted by atomic mass is 16.2. The summed E-state index contributed by atoms with van der Waals surface area (Å²) in [5, 5.41) is 0. The van der Waals surface area contributed by atoms with Gasteiger partial charge in [0.25, 0.3) is 0 Å². The molecule has 4 heteroatoms. The first kappa shape index (κ1) is 6.07. The SMILES string of the molecule is CN1CCN(C=O)C1=O. The molecule has 0 atom stereocenters. The number of hydrogen-bond acceptors (Lipinski definition) is 2. The maximum atomic E-state index is 10.8. The van der Waals surface area contributed by atoms with E-state index in [0.29, 0.717) is 19.5 Å². The van der Waals surface area contributed by atoms with E-state index in [-0.39, 0.29) is 6.03 Å². The van der Waals surface area contributed by atoms with Crippen LogP contribution in [0.25, 0.3) is 0 Å². The molecule has 0 unspecified atom stereocenters. The summed E-state index contributed by atoms with van der Waals surface area (Å²) in [5.41, 5.74) is 0. The zero-order chi connectivity index (χ0) is 6.85. The fraction of sp³-hybridized carbons (Fsp3) is 0.600. The van der Waals surface area contributed by atoms with Crippen molar-refractivity contribution in [3.05, 3.63) is 0 Å². The lowest BCUT2D eigenvalue weighted by Gasteiger charge is -2.06. The standard InChI is InChI=1S/C5H8N2O2/c1-6-2-3-7(4-8)5(6)9/h4H,2-3H2,1H3. The van der Waals surface area contributed by atoms with E-state index in [1.54, 1.807) is 7.05 Å². The minimum absolute atomic E-state index is 0.204. The van der Waals surface area contributed by atoms with Crippen LogP contribution < -0.4 is 0 Å². The number of nitrogens with zero attached hydrogens (tertiary/aromatic N) is 2. The summed E-state index contributed by atoms with van der Waals surface area (Å²) in [4.78, 5) is 23.5. The maximum Gasteiger partial charge on any atom is 0.326 e. The Labute approximate surface area is 53.0 Å². The zero-order valence-corrected chi connectivity index (χ0v) is 5.20. The maximum absolute atomic E-state index is 10.8. The van der Waals surface area contributed by atoms with Gasteiger partial charge in [0.05, 0.1) is 0 Å². The highest BCUT2D eigenvalue weighted by Crippen LogP contribution is 2.01. The predicted molar refractivity (Wildman–Crippen MR) is 30.8 cm³/mol. The van der Waals surface area contributed by atoms with Crippen LogP contribution in [0.4, 0.5) is 4.79 Å². The average Bonchev–Trinajstić information content (AvgIpc) is 2.15. The molecule has 0 aliphatic carbocycles. The van der Waals surface area contributed by atoms with Gasteiger partial charge in [0.15, 0.2) is 0 Å². The van der Waals surface area contributed by atoms with Gasteiger partial charge in [-0.1, -0.05) is 0 Å². The lowest BCUT2D eigenvalue weighted by atomic mass is 10.6. The van der Waals surface area contributed by atoms with E-state index >= 15 is 0 Å². The molecule has 1 aliphatic heterocycles. The molecule has 50 valence electrons. The monoisotopic (exact) mass is 128 g/mol. The topological polar surface area (TPSA) is 40.6 Å². The largest absolute Gasteiger partial charge is 0.326 e. The molecule has 1 fully saturated rings. The molecule has 1 aliphatic rings. The number of hydrogen-bond donors (Lipinski definition) is 0. The second kappa shape index (κ2) is 2.05. The van der Waals surface area contributed by atoms with E-state index in [1.165, 1.54) is 4.90 Å². The van der Waals surface area contributed by atoms with Crippen molar-refractivity contribution < 1.29 is 9.59 Å². The fourth-order valence-corrected chi connectivity index (χ4v) is 0.766. The fourth-order valence-electron chi connectivity index (χ4n) is 0.766. The molecule has 1 saturated heterocycles. The molecule has 0 aromatic rings. The highest BCUT2D eigenvalue weighted by molar-refractivity contribution is 5.86. The van der Waals surface area contributed by atoms with Crippen molar-refractivity contribution in [3.63, 3.8) is 0 Å². The van der Waals surface area contributed by atoms with Crippen LogP contribution >= 0.6 is 0 Å². The predicted octanol–water partition coefficient (Wildman–Crippen LogP) is -0.490. The Bertz CT molecular complexity index is 146. The molecular weight excluding hydrogens is 120 g/mol. The van der Waals surface area contributed by atoms with Crippen molar-refractivity contribution in [1.82, 2.24) is 9.80 Å². The summed E-state index contributed by atoms with van der Waals surface area (Å²) in [5.74, 6) is 0. The van der Waals surface area contributed by atoms with Crippen LogP contribution in [0.5, 0.6) is 0 Å². The number of urea groups is 1. The number of imide groups is 1. The minimum Gasteiger partial charge on any atom is -0.326 e. The third-order valence-electron chi connectivity index (χ3n) is 1.38. The molecule has 0 aromatic carbocycles. The summed E-state index contributed by atoms with van der Waals surface area (Å²) < 4.78 is 0. The van der Waals surface area contributed by atoms with Crippen molar-refractivity contribution in [2.24, 2.45) is 0 Å². The average molecular weight is 128 g/mol. The lowest BCUT2D eigenvalue weighted by Crippen LogP contribution is -2.27. The molecular formula is C5H8N2O2. The Hall–Kier alpha value is -1.06. The summed E-state index contributed by atoms with van der Waals surface area (Å²) in [7, 11) is 1.67. The van der Waals surface area contributed by atoms with Crippen LogP contribution in [0, 0.1) is 0 Å². The molecule has 0 bridgehead atoms. The Kier molecular flexibility index (Phi) is 1.38. The number of carbonyl (C=O) groups is 2. The molecule has 0 spiro atoms. The third-order valence-corrected chi connectivity index (χ3v) is 1.38. The van der Waals surface area contributed by atoms with Gasteiger partial charge in [0, 0.05) is 20.1 Å². The number of rotatable bonds is 1. The van der Waals surface area contributed by atoms with E-state index in [1.807, 2.05) is 0 Å². The molecule has 9 heavy (non-hydrogen) atoms. The van der Waals surface area contributed by atoms with Crippen LogP contribution in [0.3, 0.4) is 0 Å². The molecule has 1 heterocycles. The first-order valence-electron chi connectivity index (χ1n) is 2.72. The van der Waals surface area contributed by atoms with Crippen molar-refractivity contribution in [3.8, 4) is 0 Å². The van der Waals surface area contributed by atoms with Crippen molar-refractivity contribution in [2.75, 3.05) is 20.1 Å². The number of likely N-dealkylation sites (N-methyl/N-ethyl adjacent to an activating group) is 1. The molecule has 0 N–H and O–H groups in total. The Morgan fingerprint density at radius 3 is 2.44 bits per heavy atom. The Balaban J connectivity index is 2.61. The summed E-state index contributed by atoms with van der Waals surface area (Å²) in [6.07, 6.45) is 0.561. The molecule has 3 amide bonds. The van der Waals surface area contributed by atoms with Crippen LogP contribution in [-0.4, -0.2) is 42.4 Å². The van der Waals surface area contributed by atoms with Gasteiger partial charge in [0.2, 0.25) is 6.41 Å². The van der Waals surface area contributed by atoms with E-state index in [9.17, 15) is 9.59 Å². The zero-order valence-electron chi connectivity index (χ0n) is 5.20. The minimum atomic E-state index is -0.204. The van der Waals surface area contributed by atoms with Gasteiger partial charge in [0.1, 0.15) is 0 Å². The smallest absolute Gasteiger partial charge is 0.326 e. The van der Waals surface area contributed by atoms with Gasteiger partial charge in [-0.2, -0.15) is 0 Å². The second-order valence-corrected chi connectivity index (χ2v) is 2.00. The molecule has 0 aromatic heterocycles. The summed E-state index contributed by atoms with van der Waals surface area (Å²) in [6, 6.07) is -0.204. The van der Waals surface area contributed by atoms with Crippen LogP contribution in [0.15, 0.2) is 0 Å². The Morgan fingerprint density at radius 1 is 1.56 bits per heavy atom. The highest BCUT2D eigenvalue weighted by Gasteiger charge is 2.23. The number of carbonyl (C=O) groups excluding carboxylic acids is 2. The normalized spacial score (nSPS) is 19.0. The van der Waals surface area contributed by atoms with E-state index in [4.69, 9.17) is 0 Å². The van der Waals surface area contributed by atoms with Crippen molar-refractivity contribution in [1.29, 1.82) is 0 Å². The molecule has 0 saturated carbocycles. The second-order valence-electron chi connectivity index (χ2n) is 2.00. The van der Waals surface area contributed by atoms with Gasteiger partial charge >= 0.3 is 6.03 Å². The number of amides is 3. The van der Waals surface area contributed by atoms with E-state index in [0.717, 1.165) is 4.90 Å². The van der Waals surface area contributed by atoms with Gasteiger partial charge in [-0.25, -0.2) is 4.79 Å². The van der Waals surface area contributed by atoms with E-state index < -0.39 is 0 Å². The first-order valence-corrected chi connectivity index (χ1v) is 2.72. The van der Waals surface area contributed by atoms with Crippen LogP contribution in [0.1, 0.15) is 0 Å².